The number of aromatic nitrogens is 2. The number of rotatable bonds is 5. The fraction of sp³-hybridized carbons (Fsp3) is 0.353. The molecule has 24 heavy (non-hydrogen) atoms. The Morgan fingerprint density at radius 3 is 2.58 bits per heavy atom. The summed E-state index contributed by atoms with van der Waals surface area (Å²) in [5.41, 5.74) is 0.591. The van der Waals surface area contributed by atoms with E-state index in [1.807, 2.05) is 6.07 Å². The SMILES string of the molecule is COc1ccc(O[C@H]2CCN(C(=O)[C@@H](O)c3ccccc3)C2)nn1. The van der Waals surface area contributed by atoms with Crippen LogP contribution >= 0.6 is 0 Å². The standard InChI is InChI=1S/C17H19N3O4/c1-23-14-7-8-15(19-18-14)24-13-9-10-20(11-13)17(22)16(21)12-5-3-2-4-6-12/h2-8,13,16,21H,9-11H2,1H3/t13-,16-/m0/s1. The molecule has 7 nitrogen and oxygen atoms in total. The van der Waals surface area contributed by atoms with E-state index in [0.717, 1.165) is 0 Å². The zero-order valence-electron chi connectivity index (χ0n) is 13.3. The fourth-order valence-corrected chi connectivity index (χ4v) is 2.63. The zero-order chi connectivity index (χ0) is 16.9. The second-order valence-electron chi connectivity index (χ2n) is 5.54. The molecule has 0 aliphatic carbocycles. The molecule has 0 unspecified atom stereocenters. The lowest BCUT2D eigenvalue weighted by Gasteiger charge is -2.20. The Kier molecular flexibility index (Phi) is 4.90. The number of aliphatic hydroxyl groups is 1. The molecule has 1 amide bonds. The highest BCUT2D eigenvalue weighted by Gasteiger charge is 2.31. The second kappa shape index (κ2) is 7.27. The summed E-state index contributed by atoms with van der Waals surface area (Å²) in [6.45, 7) is 0.952. The molecule has 126 valence electrons. The summed E-state index contributed by atoms with van der Waals surface area (Å²) >= 11 is 0. The minimum atomic E-state index is -1.15. The highest BCUT2D eigenvalue weighted by Crippen LogP contribution is 2.21. The number of carbonyl (C=O) groups excluding carboxylic acids is 1. The zero-order valence-corrected chi connectivity index (χ0v) is 13.3. The topological polar surface area (TPSA) is 84.8 Å². The van der Waals surface area contributed by atoms with Crippen LogP contribution in [0.4, 0.5) is 0 Å². The average molecular weight is 329 g/mol. The van der Waals surface area contributed by atoms with Crippen LogP contribution in [0.3, 0.4) is 0 Å². The van der Waals surface area contributed by atoms with Crippen molar-refractivity contribution in [2.75, 3.05) is 20.2 Å². The Hall–Kier alpha value is -2.67. The normalized spacial score (nSPS) is 18.2. The van der Waals surface area contributed by atoms with Crippen molar-refractivity contribution in [1.29, 1.82) is 0 Å². The highest BCUT2D eigenvalue weighted by atomic mass is 16.5. The molecule has 2 heterocycles. The molecule has 1 fully saturated rings. The van der Waals surface area contributed by atoms with Crippen molar-refractivity contribution in [3.05, 3.63) is 48.0 Å². The second-order valence-corrected chi connectivity index (χ2v) is 5.54. The molecule has 0 spiro atoms. The Balaban J connectivity index is 1.57. The molecule has 0 bridgehead atoms. The number of nitrogens with zero attached hydrogens (tertiary/aromatic N) is 3. The van der Waals surface area contributed by atoms with Gasteiger partial charge in [0.05, 0.1) is 13.7 Å². The van der Waals surface area contributed by atoms with Gasteiger partial charge < -0.3 is 19.5 Å². The van der Waals surface area contributed by atoms with Crippen molar-refractivity contribution >= 4 is 5.91 Å². The molecule has 1 aliphatic rings. The van der Waals surface area contributed by atoms with Gasteiger partial charge in [0.2, 0.25) is 11.8 Å². The first-order valence-corrected chi connectivity index (χ1v) is 7.73. The smallest absolute Gasteiger partial charge is 0.256 e. The molecule has 1 aromatic heterocycles. The van der Waals surface area contributed by atoms with E-state index >= 15 is 0 Å². The Morgan fingerprint density at radius 1 is 1.21 bits per heavy atom. The van der Waals surface area contributed by atoms with Gasteiger partial charge in [-0.1, -0.05) is 30.3 Å². The van der Waals surface area contributed by atoms with Gasteiger partial charge in [-0.2, -0.15) is 0 Å². The number of ether oxygens (including phenoxy) is 2. The summed E-state index contributed by atoms with van der Waals surface area (Å²) < 4.78 is 10.7. The predicted molar refractivity (Wildman–Crippen MR) is 85.6 cm³/mol. The van der Waals surface area contributed by atoms with Crippen molar-refractivity contribution in [2.45, 2.75) is 18.6 Å². The van der Waals surface area contributed by atoms with Crippen molar-refractivity contribution in [3.8, 4) is 11.8 Å². The molecule has 7 heteroatoms. The van der Waals surface area contributed by atoms with Crippen molar-refractivity contribution in [3.63, 3.8) is 0 Å². The van der Waals surface area contributed by atoms with Crippen LogP contribution in [0.15, 0.2) is 42.5 Å². The third-order valence-electron chi connectivity index (χ3n) is 3.92. The monoisotopic (exact) mass is 329 g/mol. The lowest BCUT2D eigenvalue weighted by molar-refractivity contribution is -0.139. The van der Waals surface area contributed by atoms with E-state index in [2.05, 4.69) is 10.2 Å². The Labute approximate surface area is 139 Å². The van der Waals surface area contributed by atoms with Crippen LogP contribution in [-0.2, 0) is 4.79 Å². The number of carbonyl (C=O) groups is 1. The summed E-state index contributed by atoms with van der Waals surface area (Å²) in [6.07, 6.45) is -0.633. The van der Waals surface area contributed by atoms with E-state index in [-0.39, 0.29) is 12.0 Å². The molecule has 1 aliphatic heterocycles. The van der Waals surface area contributed by atoms with Gasteiger partial charge in [0, 0.05) is 25.1 Å². The summed E-state index contributed by atoms with van der Waals surface area (Å²) in [6, 6.07) is 12.2. The van der Waals surface area contributed by atoms with Gasteiger partial charge in [-0.15, -0.1) is 10.2 Å². The maximum Gasteiger partial charge on any atom is 0.256 e. The maximum absolute atomic E-state index is 12.4. The minimum absolute atomic E-state index is 0.167. The van der Waals surface area contributed by atoms with Gasteiger partial charge >= 0.3 is 0 Å². The third-order valence-corrected chi connectivity index (χ3v) is 3.92. The molecule has 3 rings (SSSR count). The number of hydrogen-bond acceptors (Lipinski definition) is 6. The van der Waals surface area contributed by atoms with E-state index < -0.39 is 6.10 Å². The number of aliphatic hydroxyl groups excluding tert-OH is 1. The van der Waals surface area contributed by atoms with Crippen LogP contribution < -0.4 is 9.47 Å². The Bertz CT molecular complexity index is 678. The van der Waals surface area contributed by atoms with E-state index in [0.29, 0.717) is 36.8 Å². The van der Waals surface area contributed by atoms with Gasteiger partial charge in [-0.05, 0) is 5.56 Å². The molecule has 1 aromatic carbocycles. The van der Waals surface area contributed by atoms with Gasteiger partial charge in [-0.25, -0.2) is 0 Å². The van der Waals surface area contributed by atoms with Crippen molar-refractivity contribution < 1.29 is 19.4 Å². The van der Waals surface area contributed by atoms with Crippen LogP contribution in [0, 0.1) is 0 Å². The molecule has 1 saturated heterocycles. The lowest BCUT2D eigenvalue weighted by Crippen LogP contribution is -2.34. The summed E-state index contributed by atoms with van der Waals surface area (Å²) in [5.74, 6) is 0.489. The van der Waals surface area contributed by atoms with E-state index in [4.69, 9.17) is 9.47 Å². The summed E-state index contributed by atoms with van der Waals surface area (Å²) in [4.78, 5) is 14.0. The average Bonchev–Trinajstić information content (AvgIpc) is 3.10. The first-order valence-electron chi connectivity index (χ1n) is 7.73. The van der Waals surface area contributed by atoms with Crippen LogP contribution in [0.1, 0.15) is 18.1 Å². The minimum Gasteiger partial charge on any atom is -0.480 e. The number of methoxy groups -OCH3 is 1. The molecule has 0 saturated carbocycles. The highest BCUT2D eigenvalue weighted by molar-refractivity contribution is 5.82. The van der Waals surface area contributed by atoms with Crippen LogP contribution in [0.5, 0.6) is 11.8 Å². The summed E-state index contributed by atoms with van der Waals surface area (Å²) in [7, 11) is 1.52. The fourth-order valence-electron chi connectivity index (χ4n) is 2.63. The number of amides is 1. The largest absolute Gasteiger partial charge is 0.480 e. The molecular weight excluding hydrogens is 310 g/mol. The Morgan fingerprint density at radius 2 is 1.92 bits per heavy atom. The van der Waals surface area contributed by atoms with E-state index in [1.165, 1.54) is 7.11 Å². The van der Waals surface area contributed by atoms with E-state index in [9.17, 15) is 9.90 Å². The number of likely N-dealkylation sites (tertiary alicyclic amines) is 1. The molecule has 1 N–H and O–H groups in total. The van der Waals surface area contributed by atoms with Gasteiger partial charge in [0.25, 0.3) is 5.91 Å². The molecule has 2 atom stereocenters. The van der Waals surface area contributed by atoms with Gasteiger partial charge in [0.15, 0.2) is 6.10 Å². The molecule has 0 radical (unpaired) electrons. The maximum atomic E-state index is 12.4. The number of hydrogen-bond donors (Lipinski definition) is 1. The van der Waals surface area contributed by atoms with Gasteiger partial charge in [0.1, 0.15) is 6.10 Å². The lowest BCUT2D eigenvalue weighted by atomic mass is 10.1. The van der Waals surface area contributed by atoms with Crippen LogP contribution in [0.25, 0.3) is 0 Å². The predicted octanol–water partition coefficient (Wildman–Crippen LogP) is 1.20. The van der Waals surface area contributed by atoms with Crippen LogP contribution in [0.2, 0.25) is 0 Å². The van der Waals surface area contributed by atoms with Crippen molar-refractivity contribution in [1.82, 2.24) is 15.1 Å². The van der Waals surface area contributed by atoms with Crippen molar-refractivity contribution in [2.24, 2.45) is 0 Å². The number of benzene rings is 1. The first kappa shape index (κ1) is 16.2. The van der Waals surface area contributed by atoms with E-state index in [1.54, 1.807) is 41.3 Å². The van der Waals surface area contributed by atoms with Gasteiger partial charge in [-0.3, -0.25) is 4.79 Å². The molecule has 2 aromatic rings. The third kappa shape index (κ3) is 3.62. The first-order chi connectivity index (χ1) is 11.7. The van der Waals surface area contributed by atoms with Crippen LogP contribution in [-0.4, -0.2) is 52.4 Å². The molecular formula is C17H19N3O4. The quantitative estimate of drug-likeness (QED) is 0.887. The summed E-state index contributed by atoms with van der Waals surface area (Å²) in [5, 5.41) is 18.0.